The summed E-state index contributed by atoms with van der Waals surface area (Å²) in [5.74, 6) is 0. The van der Waals surface area contributed by atoms with Gasteiger partial charge in [0.15, 0.2) is 7.14 Å². The Morgan fingerprint density at radius 2 is 1.42 bits per heavy atom. The first-order valence-electron chi connectivity index (χ1n) is 14.9. The Bertz CT molecular complexity index is 2260. The smallest absolute Gasteiger partial charge is 0.172 e. The summed E-state index contributed by atoms with van der Waals surface area (Å²) in [7, 11) is -3.09. The SMILES string of the molecule is C=C/C=C(\C1=C(C)C(C)(C)c2ccccc21)n1c2ccccc2c2ccc3c(c21)-c1ccccc1P3(=O)c1ccccc1. The van der Waals surface area contributed by atoms with E-state index in [1.807, 2.05) is 42.5 Å². The molecule has 0 radical (unpaired) electrons. The van der Waals surface area contributed by atoms with Gasteiger partial charge in [0.2, 0.25) is 0 Å². The monoisotopic (exact) mass is 573 g/mol. The van der Waals surface area contributed by atoms with Crippen LogP contribution in [-0.4, -0.2) is 4.57 Å². The lowest BCUT2D eigenvalue weighted by atomic mass is 9.82. The highest BCUT2D eigenvalue weighted by atomic mass is 31.2. The van der Waals surface area contributed by atoms with Gasteiger partial charge in [-0.15, -0.1) is 0 Å². The largest absolute Gasteiger partial charge is 0.309 e. The minimum atomic E-state index is -3.09. The number of hydrogen-bond acceptors (Lipinski definition) is 1. The van der Waals surface area contributed by atoms with Crippen LogP contribution in [0.4, 0.5) is 0 Å². The molecular formula is C40H32NOP. The fraction of sp³-hybridized carbons (Fsp3) is 0.100. The first kappa shape index (κ1) is 26.0. The Morgan fingerprint density at radius 1 is 0.744 bits per heavy atom. The molecule has 2 nitrogen and oxygen atoms in total. The van der Waals surface area contributed by atoms with Crippen molar-refractivity contribution in [1.82, 2.24) is 4.57 Å². The van der Waals surface area contributed by atoms with E-state index in [-0.39, 0.29) is 5.41 Å². The number of aromatic nitrogens is 1. The maximum absolute atomic E-state index is 15.4. The maximum atomic E-state index is 15.4. The van der Waals surface area contributed by atoms with E-state index in [2.05, 4.69) is 117 Å². The second-order valence-electron chi connectivity index (χ2n) is 12.1. The third-order valence-corrected chi connectivity index (χ3v) is 12.9. The molecule has 1 aromatic heterocycles. The highest BCUT2D eigenvalue weighted by Gasteiger charge is 2.43. The molecule has 6 aromatic rings. The summed E-state index contributed by atoms with van der Waals surface area (Å²) in [6, 6.07) is 40.0. The molecule has 1 unspecified atom stereocenters. The molecule has 208 valence electrons. The molecule has 1 aliphatic carbocycles. The van der Waals surface area contributed by atoms with Crippen LogP contribution < -0.4 is 15.9 Å². The Kier molecular flexibility index (Phi) is 5.55. The molecule has 2 heterocycles. The summed E-state index contributed by atoms with van der Waals surface area (Å²) in [6.07, 6.45) is 4.05. The summed E-state index contributed by atoms with van der Waals surface area (Å²) in [5, 5.41) is 5.03. The number of rotatable bonds is 4. The Labute approximate surface area is 252 Å². The highest BCUT2D eigenvalue weighted by Crippen LogP contribution is 2.56. The van der Waals surface area contributed by atoms with E-state index >= 15 is 4.57 Å². The van der Waals surface area contributed by atoms with Gasteiger partial charge in [0.05, 0.1) is 16.7 Å². The zero-order chi connectivity index (χ0) is 29.5. The Balaban J connectivity index is 1.55. The average molecular weight is 574 g/mol. The number of fused-ring (bicyclic) bond motifs is 8. The molecule has 2 aliphatic rings. The van der Waals surface area contributed by atoms with Gasteiger partial charge in [0.1, 0.15) is 0 Å². The molecule has 0 saturated carbocycles. The number of hydrogen-bond donors (Lipinski definition) is 0. The van der Waals surface area contributed by atoms with Crippen molar-refractivity contribution in [1.29, 1.82) is 0 Å². The van der Waals surface area contributed by atoms with Gasteiger partial charge in [-0.05, 0) is 41.8 Å². The molecule has 0 saturated heterocycles. The van der Waals surface area contributed by atoms with Crippen LogP contribution in [0.2, 0.25) is 0 Å². The zero-order valence-electron chi connectivity index (χ0n) is 24.6. The molecule has 0 amide bonds. The van der Waals surface area contributed by atoms with E-state index in [4.69, 9.17) is 0 Å². The van der Waals surface area contributed by atoms with Gasteiger partial charge in [0, 0.05) is 43.2 Å². The van der Waals surface area contributed by atoms with Crippen LogP contribution in [0.3, 0.4) is 0 Å². The van der Waals surface area contributed by atoms with Gasteiger partial charge < -0.3 is 9.13 Å². The van der Waals surface area contributed by atoms with E-state index in [1.165, 1.54) is 27.7 Å². The molecule has 0 N–H and O–H groups in total. The predicted molar refractivity (Wildman–Crippen MR) is 184 cm³/mol. The van der Waals surface area contributed by atoms with E-state index in [1.54, 1.807) is 0 Å². The molecule has 1 aliphatic heterocycles. The van der Waals surface area contributed by atoms with Gasteiger partial charge in [-0.2, -0.15) is 0 Å². The first-order chi connectivity index (χ1) is 20.9. The molecular weight excluding hydrogens is 541 g/mol. The summed E-state index contributed by atoms with van der Waals surface area (Å²) >= 11 is 0. The van der Waals surface area contributed by atoms with Gasteiger partial charge >= 0.3 is 0 Å². The molecule has 1 atom stereocenters. The van der Waals surface area contributed by atoms with Gasteiger partial charge in [-0.25, -0.2) is 0 Å². The normalized spacial score (nSPS) is 18.6. The molecule has 8 rings (SSSR count). The fourth-order valence-electron chi connectivity index (χ4n) is 7.50. The molecule has 0 spiro atoms. The van der Waals surface area contributed by atoms with E-state index in [0.717, 1.165) is 49.2 Å². The minimum absolute atomic E-state index is 0.109. The Hall–Kier alpha value is -4.65. The predicted octanol–water partition coefficient (Wildman–Crippen LogP) is 9.21. The van der Waals surface area contributed by atoms with Gasteiger partial charge in [-0.1, -0.05) is 135 Å². The lowest BCUT2D eigenvalue weighted by Gasteiger charge is -2.22. The first-order valence-corrected chi connectivity index (χ1v) is 16.6. The van der Waals surface area contributed by atoms with Crippen molar-refractivity contribution in [3.63, 3.8) is 0 Å². The van der Waals surface area contributed by atoms with Crippen molar-refractivity contribution >= 4 is 56.1 Å². The van der Waals surface area contributed by atoms with Gasteiger partial charge in [0.25, 0.3) is 0 Å². The average Bonchev–Trinajstić information content (AvgIpc) is 3.59. The molecule has 0 fully saturated rings. The van der Waals surface area contributed by atoms with E-state index in [0.29, 0.717) is 0 Å². The van der Waals surface area contributed by atoms with Crippen LogP contribution in [0.1, 0.15) is 31.9 Å². The lowest BCUT2D eigenvalue weighted by Crippen LogP contribution is -2.20. The third kappa shape index (κ3) is 3.33. The minimum Gasteiger partial charge on any atom is -0.309 e. The zero-order valence-corrected chi connectivity index (χ0v) is 25.5. The quantitative estimate of drug-likeness (QED) is 0.152. The standard InChI is InChI=1S/C40H32NOP/c1-5-15-34(37-26(2)40(3,4)32-21-12-9-19-30(32)37)41-33-22-13-10-18-28(33)29-24-25-36-38(39(29)41)31-20-11-14-23-35(31)43(36,42)27-16-7-6-8-17-27/h5-25H,1H2,2-4H3/b34-15+. The number of para-hydroxylation sites is 1. The Morgan fingerprint density at radius 3 is 2.21 bits per heavy atom. The van der Waals surface area contributed by atoms with Crippen molar-refractivity contribution in [2.24, 2.45) is 0 Å². The van der Waals surface area contributed by atoms with Crippen LogP contribution in [0.5, 0.6) is 0 Å². The summed E-state index contributed by atoms with van der Waals surface area (Å²) in [5.41, 5.74) is 10.5. The van der Waals surface area contributed by atoms with Gasteiger partial charge in [-0.3, -0.25) is 0 Å². The molecule has 5 aromatic carbocycles. The third-order valence-electron chi connectivity index (χ3n) is 9.74. The van der Waals surface area contributed by atoms with Crippen molar-refractivity contribution in [2.75, 3.05) is 0 Å². The highest BCUT2D eigenvalue weighted by molar-refractivity contribution is 7.86. The van der Waals surface area contributed by atoms with E-state index in [9.17, 15) is 0 Å². The number of allylic oxidation sites excluding steroid dienone is 5. The van der Waals surface area contributed by atoms with Crippen molar-refractivity contribution in [3.05, 3.63) is 151 Å². The molecule has 3 heteroatoms. The van der Waals surface area contributed by atoms with Crippen LogP contribution >= 0.6 is 7.14 Å². The van der Waals surface area contributed by atoms with Crippen LogP contribution in [0, 0.1) is 0 Å². The topological polar surface area (TPSA) is 22.0 Å². The molecule has 43 heavy (non-hydrogen) atoms. The summed E-state index contributed by atoms with van der Waals surface area (Å²) < 4.78 is 17.8. The summed E-state index contributed by atoms with van der Waals surface area (Å²) in [6.45, 7) is 11.1. The second-order valence-corrected chi connectivity index (χ2v) is 14.8. The summed E-state index contributed by atoms with van der Waals surface area (Å²) in [4.78, 5) is 0. The lowest BCUT2D eigenvalue weighted by molar-refractivity contribution is 0.593. The molecule has 0 bridgehead atoms. The second kappa shape index (κ2) is 9.17. The van der Waals surface area contributed by atoms with Crippen LogP contribution in [-0.2, 0) is 9.98 Å². The number of nitrogens with zero attached hydrogens (tertiary/aromatic N) is 1. The fourth-order valence-corrected chi connectivity index (χ4v) is 10.6. The van der Waals surface area contributed by atoms with Crippen LogP contribution in [0.15, 0.2) is 140 Å². The van der Waals surface area contributed by atoms with E-state index < -0.39 is 7.14 Å². The van der Waals surface area contributed by atoms with Crippen molar-refractivity contribution < 1.29 is 4.57 Å². The van der Waals surface area contributed by atoms with Crippen molar-refractivity contribution in [3.8, 4) is 11.1 Å². The van der Waals surface area contributed by atoms with Crippen LogP contribution in [0.25, 0.3) is 44.2 Å². The maximum Gasteiger partial charge on any atom is 0.172 e. The van der Waals surface area contributed by atoms with Crippen molar-refractivity contribution in [2.45, 2.75) is 26.2 Å². The number of benzene rings is 5.